The zero-order chi connectivity index (χ0) is 11.4. The van der Waals surface area contributed by atoms with Gasteiger partial charge in [0.1, 0.15) is 0 Å². The van der Waals surface area contributed by atoms with Gasteiger partial charge in [0.25, 0.3) is 5.69 Å². The predicted molar refractivity (Wildman–Crippen MR) is 63.5 cm³/mol. The summed E-state index contributed by atoms with van der Waals surface area (Å²) < 4.78 is 0.760. The van der Waals surface area contributed by atoms with Crippen molar-refractivity contribution in [3.05, 3.63) is 32.8 Å². The maximum absolute atomic E-state index is 10.6. The van der Waals surface area contributed by atoms with Crippen LogP contribution in [0.1, 0.15) is 6.92 Å². The summed E-state index contributed by atoms with van der Waals surface area (Å²) in [6.45, 7) is 1.78. The van der Waals surface area contributed by atoms with Crippen LogP contribution in [0.2, 0.25) is 0 Å². The second-order valence-corrected chi connectivity index (χ2v) is 3.71. The average Bonchev–Trinajstić information content (AvgIpc) is 2.20. The summed E-state index contributed by atoms with van der Waals surface area (Å²) in [7, 11) is 1.65. The number of nitrogens with one attached hydrogen (secondary N) is 1. The van der Waals surface area contributed by atoms with E-state index < -0.39 is 4.92 Å². The molecule has 0 aliphatic heterocycles. The van der Waals surface area contributed by atoms with Crippen molar-refractivity contribution in [1.29, 1.82) is 0 Å². The fraction of sp³-hybridized carbons (Fsp3) is 0.222. The van der Waals surface area contributed by atoms with Crippen LogP contribution in [0.4, 0.5) is 11.4 Å². The molecule has 15 heavy (non-hydrogen) atoms. The van der Waals surface area contributed by atoms with Gasteiger partial charge in [-0.3, -0.25) is 15.1 Å². The Hall–Kier alpha value is -1.43. The van der Waals surface area contributed by atoms with Gasteiger partial charge in [0.15, 0.2) is 0 Å². The molecule has 80 valence electrons. The molecule has 1 rings (SSSR count). The maximum Gasteiger partial charge on any atom is 0.271 e. The molecular formula is C9H10BrN3O2. The van der Waals surface area contributed by atoms with Crippen LogP contribution in [0.25, 0.3) is 0 Å². The SMILES string of the molecule is CN=C(C)Nc1cc([N+](=O)[O-])ccc1Br. The van der Waals surface area contributed by atoms with Crippen molar-refractivity contribution in [2.24, 2.45) is 4.99 Å². The highest BCUT2D eigenvalue weighted by molar-refractivity contribution is 9.10. The smallest absolute Gasteiger partial charge is 0.271 e. The van der Waals surface area contributed by atoms with Gasteiger partial charge in [-0.05, 0) is 28.9 Å². The lowest BCUT2D eigenvalue weighted by Gasteiger charge is -2.06. The van der Waals surface area contributed by atoms with Crippen LogP contribution in [0, 0.1) is 10.1 Å². The number of hydrogen-bond donors (Lipinski definition) is 1. The molecule has 0 saturated heterocycles. The molecule has 5 nitrogen and oxygen atoms in total. The van der Waals surface area contributed by atoms with Gasteiger partial charge in [-0.25, -0.2) is 0 Å². The summed E-state index contributed by atoms with van der Waals surface area (Å²) in [6.07, 6.45) is 0. The van der Waals surface area contributed by atoms with Crippen LogP contribution < -0.4 is 5.32 Å². The highest BCUT2D eigenvalue weighted by Gasteiger charge is 2.09. The zero-order valence-corrected chi connectivity index (χ0v) is 9.91. The molecule has 0 saturated carbocycles. The van der Waals surface area contributed by atoms with E-state index in [1.165, 1.54) is 12.1 Å². The number of amidine groups is 1. The van der Waals surface area contributed by atoms with Gasteiger partial charge in [-0.15, -0.1) is 0 Å². The number of halogens is 1. The Morgan fingerprint density at radius 3 is 2.80 bits per heavy atom. The van der Waals surface area contributed by atoms with E-state index in [0.29, 0.717) is 11.5 Å². The second kappa shape index (κ2) is 4.88. The van der Waals surface area contributed by atoms with Crippen molar-refractivity contribution in [3.63, 3.8) is 0 Å². The van der Waals surface area contributed by atoms with E-state index in [1.807, 2.05) is 0 Å². The normalized spacial score (nSPS) is 11.3. The third kappa shape index (κ3) is 3.02. The zero-order valence-electron chi connectivity index (χ0n) is 8.32. The Kier molecular flexibility index (Phi) is 3.79. The summed E-state index contributed by atoms with van der Waals surface area (Å²) in [5.74, 6) is 0.691. The second-order valence-electron chi connectivity index (χ2n) is 2.86. The van der Waals surface area contributed by atoms with Crippen LogP contribution in [0.5, 0.6) is 0 Å². The van der Waals surface area contributed by atoms with Gasteiger partial charge >= 0.3 is 0 Å². The minimum Gasteiger partial charge on any atom is -0.343 e. The van der Waals surface area contributed by atoms with Crippen molar-refractivity contribution in [2.45, 2.75) is 6.92 Å². The molecule has 0 aliphatic rings. The molecule has 0 aromatic heterocycles. The van der Waals surface area contributed by atoms with Gasteiger partial charge in [0.05, 0.1) is 16.4 Å². The average molecular weight is 272 g/mol. The molecule has 0 amide bonds. The Balaban J connectivity index is 3.05. The number of nitro benzene ring substituents is 1. The molecule has 0 radical (unpaired) electrons. The first-order valence-corrected chi connectivity index (χ1v) is 4.98. The molecule has 0 bridgehead atoms. The van der Waals surface area contributed by atoms with Crippen LogP contribution in [0.15, 0.2) is 27.7 Å². The molecule has 0 fully saturated rings. The lowest BCUT2D eigenvalue weighted by molar-refractivity contribution is -0.384. The Bertz CT molecular complexity index is 418. The quantitative estimate of drug-likeness (QED) is 0.389. The number of hydrogen-bond acceptors (Lipinski definition) is 3. The van der Waals surface area contributed by atoms with E-state index in [2.05, 4.69) is 26.2 Å². The largest absolute Gasteiger partial charge is 0.343 e. The number of rotatable bonds is 2. The Labute approximate surface area is 95.5 Å². The number of nitro groups is 1. The highest BCUT2D eigenvalue weighted by atomic mass is 79.9. The summed E-state index contributed by atoms with van der Waals surface area (Å²) in [5.41, 5.74) is 0.678. The Morgan fingerprint density at radius 2 is 2.27 bits per heavy atom. The van der Waals surface area contributed by atoms with Gasteiger partial charge in [0, 0.05) is 23.7 Å². The topological polar surface area (TPSA) is 67.5 Å². The van der Waals surface area contributed by atoms with Crippen molar-refractivity contribution in [1.82, 2.24) is 0 Å². The molecule has 0 aliphatic carbocycles. The molecule has 6 heteroatoms. The van der Waals surface area contributed by atoms with Crippen molar-refractivity contribution >= 4 is 33.1 Å². The molecule has 1 aromatic carbocycles. The van der Waals surface area contributed by atoms with Crippen molar-refractivity contribution < 1.29 is 4.92 Å². The molecule has 0 heterocycles. The molecule has 1 aromatic rings. The lowest BCUT2D eigenvalue weighted by atomic mass is 10.3. The predicted octanol–water partition coefficient (Wildman–Crippen LogP) is 2.82. The summed E-state index contributed by atoms with van der Waals surface area (Å²) in [4.78, 5) is 14.0. The van der Waals surface area contributed by atoms with Crippen LogP contribution in [-0.2, 0) is 0 Å². The molecule has 0 unspecified atom stereocenters. The number of non-ortho nitro benzene ring substituents is 1. The number of anilines is 1. The fourth-order valence-corrected chi connectivity index (χ4v) is 1.32. The van der Waals surface area contributed by atoms with Crippen molar-refractivity contribution in [2.75, 3.05) is 12.4 Å². The standard InChI is InChI=1S/C9H10BrN3O2/c1-6(11-2)12-9-5-7(13(14)15)3-4-8(9)10/h3-5H,1-2H3,(H,11,12). The third-order valence-electron chi connectivity index (χ3n) is 1.81. The van der Waals surface area contributed by atoms with Gasteiger partial charge in [0.2, 0.25) is 0 Å². The van der Waals surface area contributed by atoms with E-state index in [0.717, 1.165) is 4.47 Å². The fourth-order valence-electron chi connectivity index (χ4n) is 0.973. The highest BCUT2D eigenvalue weighted by Crippen LogP contribution is 2.26. The van der Waals surface area contributed by atoms with E-state index >= 15 is 0 Å². The summed E-state index contributed by atoms with van der Waals surface area (Å²) in [6, 6.07) is 4.52. The first-order chi connectivity index (χ1) is 7.04. The maximum atomic E-state index is 10.6. The molecule has 0 spiro atoms. The van der Waals surface area contributed by atoms with Crippen molar-refractivity contribution in [3.8, 4) is 0 Å². The van der Waals surface area contributed by atoms with Crippen LogP contribution in [0.3, 0.4) is 0 Å². The first kappa shape index (κ1) is 11.6. The van der Waals surface area contributed by atoms with Gasteiger partial charge < -0.3 is 5.32 Å². The lowest BCUT2D eigenvalue weighted by Crippen LogP contribution is -2.07. The number of benzene rings is 1. The van der Waals surface area contributed by atoms with E-state index in [-0.39, 0.29) is 5.69 Å². The number of aliphatic imine (C=N–C) groups is 1. The van der Waals surface area contributed by atoms with Gasteiger partial charge in [-0.1, -0.05) is 0 Å². The van der Waals surface area contributed by atoms with E-state index in [9.17, 15) is 10.1 Å². The summed E-state index contributed by atoms with van der Waals surface area (Å²) in [5, 5.41) is 13.5. The summed E-state index contributed by atoms with van der Waals surface area (Å²) >= 11 is 3.30. The molecule has 0 atom stereocenters. The number of nitrogens with zero attached hydrogens (tertiary/aromatic N) is 2. The van der Waals surface area contributed by atoms with E-state index in [1.54, 1.807) is 20.0 Å². The van der Waals surface area contributed by atoms with Crippen LogP contribution in [-0.4, -0.2) is 17.8 Å². The third-order valence-corrected chi connectivity index (χ3v) is 2.50. The van der Waals surface area contributed by atoms with Crippen LogP contribution >= 0.6 is 15.9 Å². The molecular weight excluding hydrogens is 262 g/mol. The first-order valence-electron chi connectivity index (χ1n) is 4.19. The minimum absolute atomic E-state index is 0.0459. The van der Waals surface area contributed by atoms with E-state index in [4.69, 9.17) is 0 Å². The molecule has 1 N–H and O–H groups in total. The minimum atomic E-state index is -0.434. The Morgan fingerprint density at radius 1 is 1.60 bits per heavy atom. The van der Waals surface area contributed by atoms with Gasteiger partial charge in [-0.2, -0.15) is 0 Å². The monoisotopic (exact) mass is 271 g/mol.